The molecule has 3 aromatic carbocycles. The van der Waals surface area contributed by atoms with E-state index in [4.69, 9.17) is 9.72 Å². The number of nitriles is 1. The Labute approximate surface area is 200 Å². The Bertz CT molecular complexity index is 1410. The number of aryl methyl sites for hydroxylation is 1. The lowest BCUT2D eigenvalue weighted by Gasteiger charge is -2.13. The van der Waals surface area contributed by atoms with E-state index in [1.54, 1.807) is 0 Å². The molecule has 4 aromatic rings. The number of rotatable bonds is 5. The van der Waals surface area contributed by atoms with Gasteiger partial charge < -0.3 is 9.30 Å². The Morgan fingerprint density at radius 1 is 1.03 bits per heavy atom. The monoisotopic (exact) mass is 445 g/mol. The fourth-order valence-electron chi connectivity index (χ4n) is 4.63. The molecule has 0 bridgehead atoms. The molecule has 0 fully saturated rings. The van der Waals surface area contributed by atoms with E-state index in [0.717, 1.165) is 64.5 Å². The minimum atomic E-state index is 0.476. The van der Waals surface area contributed by atoms with Crippen molar-refractivity contribution in [1.29, 1.82) is 5.26 Å². The van der Waals surface area contributed by atoms with E-state index < -0.39 is 0 Å². The molecule has 5 rings (SSSR count). The standard InChI is InChI=1S/C30H27N3O/c1-3-9-29-32-27(23-10-5-4-6-11-23)19-33(29)18-22-14-15-25-24(16-22)20-34-28-13-8-7-12-26(28)30(25)21(2)17-31/h4-8,10-16,19H,3,9,18,20H2,1-2H3/b30-21+. The van der Waals surface area contributed by atoms with Crippen LogP contribution in [0, 0.1) is 11.3 Å². The van der Waals surface area contributed by atoms with Crippen LogP contribution in [-0.4, -0.2) is 9.55 Å². The van der Waals surface area contributed by atoms with E-state index in [9.17, 15) is 5.26 Å². The van der Waals surface area contributed by atoms with Crippen LogP contribution in [0.3, 0.4) is 0 Å². The Morgan fingerprint density at radius 2 is 1.82 bits per heavy atom. The van der Waals surface area contributed by atoms with Crippen molar-refractivity contribution >= 4 is 5.57 Å². The van der Waals surface area contributed by atoms with E-state index >= 15 is 0 Å². The van der Waals surface area contributed by atoms with Gasteiger partial charge >= 0.3 is 0 Å². The highest BCUT2D eigenvalue weighted by Crippen LogP contribution is 2.38. The fourth-order valence-corrected chi connectivity index (χ4v) is 4.63. The minimum absolute atomic E-state index is 0.476. The van der Waals surface area contributed by atoms with Crippen molar-refractivity contribution in [3.05, 3.63) is 113 Å². The highest BCUT2D eigenvalue weighted by molar-refractivity contribution is 5.88. The van der Waals surface area contributed by atoms with Crippen LogP contribution in [0.15, 0.2) is 84.6 Å². The van der Waals surface area contributed by atoms with Crippen molar-refractivity contribution in [2.45, 2.75) is 39.8 Å². The molecular formula is C30H27N3O. The summed E-state index contributed by atoms with van der Waals surface area (Å²) >= 11 is 0. The first kappa shape index (κ1) is 21.7. The maximum atomic E-state index is 9.70. The normalized spacial score (nSPS) is 13.8. The van der Waals surface area contributed by atoms with Crippen LogP contribution in [0.5, 0.6) is 5.75 Å². The second-order valence-electron chi connectivity index (χ2n) is 8.67. The molecule has 0 saturated heterocycles. The summed E-state index contributed by atoms with van der Waals surface area (Å²) in [4.78, 5) is 4.94. The molecule has 4 heteroatoms. The molecule has 0 atom stereocenters. The maximum absolute atomic E-state index is 9.70. The van der Waals surface area contributed by atoms with Crippen molar-refractivity contribution in [3.63, 3.8) is 0 Å². The van der Waals surface area contributed by atoms with E-state index in [0.29, 0.717) is 12.2 Å². The largest absolute Gasteiger partial charge is 0.488 e. The molecule has 2 heterocycles. The van der Waals surface area contributed by atoms with Gasteiger partial charge in [-0.15, -0.1) is 0 Å². The Balaban J connectivity index is 1.53. The van der Waals surface area contributed by atoms with Gasteiger partial charge in [-0.1, -0.05) is 67.6 Å². The Kier molecular flexibility index (Phi) is 6.01. The Hall–Kier alpha value is -4.10. The van der Waals surface area contributed by atoms with Crippen molar-refractivity contribution < 1.29 is 4.74 Å². The van der Waals surface area contributed by atoms with Crippen LogP contribution < -0.4 is 4.74 Å². The van der Waals surface area contributed by atoms with Crippen molar-refractivity contribution in [2.24, 2.45) is 0 Å². The first-order chi connectivity index (χ1) is 16.7. The van der Waals surface area contributed by atoms with Gasteiger partial charge in [0.25, 0.3) is 0 Å². The van der Waals surface area contributed by atoms with E-state index in [1.165, 1.54) is 5.56 Å². The van der Waals surface area contributed by atoms with Crippen molar-refractivity contribution in [3.8, 4) is 23.1 Å². The third kappa shape index (κ3) is 4.13. The molecule has 0 aliphatic carbocycles. The SMILES string of the molecule is CCCc1nc(-c2ccccc2)cn1Cc1ccc2c(c1)COc1ccccc1/C2=C(\C)C#N. The summed E-state index contributed by atoms with van der Waals surface area (Å²) in [7, 11) is 0. The number of imidazole rings is 1. The molecule has 1 aromatic heterocycles. The smallest absolute Gasteiger partial charge is 0.127 e. The third-order valence-electron chi connectivity index (χ3n) is 6.28. The van der Waals surface area contributed by atoms with Crippen LogP contribution in [0.2, 0.25) is 0 Å². The maximum Gasteiger partial charge on any atom is 0.127 e. The number of hydrogen-bond donors (Lipinski definition) is 0. The summed E-state index contributed by atoms with van der Waals surface area (Å²) in [6, 6.07) is 27.2. The molecule has 168 valence electrons. The van der Waals surface area contributed by atoms with Crippen LogP contribution in [-0.2, 0) is 19.6 Å². The molecular weight excluding hydrogens is 418 g/mol. The predicted octanol–water partition coefficient (Wildman–Crippen LogP) is 6.79. The second kappa shape index (κ2) is 9.41. The zero-order valence-electron chi connectivity index (χ0n) is 19.6. The van der Waals surface area contributed by atoms with Crippen molar-refractivity contribution in [1.82, 2.24) is 9.55 Å². The third-order valence-corrected chi connectivity index (χ3v) is 6.28. The van der Waals surface area contributed by atoms with Gasteiger partial charge in [0.1, 0.15) is 18.2 Å². The lowest BCUT2D eigenvalue weighted by Crippen LogP contribution is -2.06. The van der Waals surface area contributed by atoms with Crippen LogP contribution in [0.25, 0.3) is 16.8 Å². The van der Waals surface area contributed by atoms with Gasteiger partial charge in [-0.25, -0.2) is 4.98 Å². The number of para-hydroxylation sites is 1. The first-order valence-electron chi connectivity index (χ1n) is 11.7. The summed E-state index contributed by atoms with van der Waals surface area (Å²) in [6.45, 7) is 5.28. The second-order valence-corrected chi connectivity index (χ2v) is 8.67. The molecule has 4 nitrogen and oxygen atoms in total. The molecule has 1 aliphatic heterocycles. The molecule has 1 aliphatic rings. The molecule has 0 unspecified atom stereocenters. The van der Waals surface area contributed by atoms with Gasteiger partial charge in [-0.2, -0.15) is 5.26 Å². The van der Waals surface area contributed by atoms with Gasteiger partial charge in [0.05, 0.1) is 11.8 Å². The number of ether oxygens (including phenoxy) is 1. The topological polar surface area (TPSA) is 50.8 Å². The lowest BCUT2D eigenvalue weighted by molar-refractivity contribution is 0.307. The molecule has 0 amide bonds. The van der Waals surface area contributed by atoms with Gasteiger partial charge in [-0.3, -0.25) is 0 Å². The average molecular weight is 446 g/mol. The van der Waals surface area contributed by atoms with Gasteiger partial charge in [0, 0.05) is 41.4 Å². The highest BCUT2D eigenvalue weighted by atomic mass is 16.5. The number of allylic oxidation sites excluding steroid dienone is 1. The molecule has 0 radical (unpaired) electrons. The van der Waals surface area contributed by atoms with Crippen LogP contribution >= 0.6 is 0 Å². The summed E-state index contributed by atoms with van der Waals surface area (Å²) < 4.78 is 8.43. The zero-order chi connectivity index (χ0) is 23.5. The molecule has 34 heavy (non-hydrogen) atoms. The number of hydrogen-bond acceptors (Lipinski definition) is 3. The number of aromatic nitrogens is 2. The van der Waals surface area contributed by atoms with Gasteiger partial charge in [-0.05, 0) is 42.2 Å². The summed E-state index contributed by atoms with van der Waals surface area (Å²) in [6.07, 6.45) is 4.14. The zero-order valence-corrected chi connectivity index (χ0v) is 19.6. The van der Waals surface area contributed by atoms with Crippen LogP contribution in [0.4, 0.5) is 0 Å². The average Bonchev–Trinajstić information content (AvgIpc) is 3.18. The summed E-state index contributed by atoms with van der Waals surface area (Å²) in [5.74, 6) is 1.91. The van der Waals surface area contributed by atoms with Gasteiger partial charge in [0.2, 0.25) is 0 Å². The van der Waals surface area contributed by atoms with Crippen molar-refractivity contribution in [2.75, 3.05) is 0 Å². The lowest BCUT2D eigenvalue weighted by atomic mass is 9.90. The molecule has 0 saturated carbocycles. The van der Waals surface area contributed by atoms with E-state index in [1.807, 2.05) is 49.4 Å². The number of benzene rings is 3. The Morgan fingerprint density at radius 3 is 2.62 bits per heavy atom. The number of nitrogens with zero attached hydrogens (tertiary/aromatic N) is 3. The van der Waals surface area contributed by atoms with Gasteiger partial charge in [0.15, 0.2) is 0 Å². The highest BCUT2D eigenvalue weighted by Gasteiger charge is 2.21. The molecule has 0 spiro atoms. The summed E-state index contributed by atoms with van der Waals surface area (Å²) in [5.41, 5.74) is 8.12. The van der Waals surface area contributed by atoms with E-state index in [-0.39, 0.29) is 0 Å². The fraction of sp³-hybridized carbons (Fsp3) is 0.200. The minimum Gasteiger partial charge on any atom is -0.488 e. The molecule has 0 N–H and O–H groups in total. The predicted molar refractivity (Wildman–Crippen MR) is 135 cm³/mol. The quantitative estimate of drug-likeness (QED) is 0.318. The summed E-state index contributed by atoms with van der Waals surface area (Å²) in [5, 5.41) is 9.70. The van der Waals surface area contributed by atoms with E-state index in [2.05, 4.69) is 54.1 Å². The first-order valence-corrected chi connectivity index (χ1v) is 11.7. The number of fused-ring (bicyclic) bond motifs is 2. The van der Waals surface area contributed by atoms with Crippen LogP contribution in [0.1, 0.15) is 48.3 Å².